The van der Waals surface area contributed by atoms with Gasteiger partial charge in [-0.3, -0.25) is 0 Å². The summed E-state index contributed by atoms with van der Waals surface area (Å²) in [6.45, 7) is 8.15. The first-order valence-corrected chi connectivity index (χ1v) is 6.48. The molecule has 0 amide bonds. The topological polar surface area (TPSA) is 9.23 Å². The van der Waals surface area contributed by atoms with Gasteiger partial charge in [-0.15, -0.1) is 23.3 Å². The van der Waals surface area contributed by atoms with Crippen molar-refractivity contribution in [2.75, 3.05) is 0 Å². The Balaban J connectivity index is 0. The van der Waals surface area contributed by atoms with Crippen molar-refractivity contribution in [1.29, 1.82) is 0 Å². The Morgan fingerprint density at radius 2 is 1.67 bits per heavy atom. The molecule has 74 valence electrons. The predicted octanol–water partition coefficient (Wildman–Crippen LogP) is 3.60. The molecule has 5 heteroatoms. The zero-order valence-electron chi connectivity index (χ0n) is 7.77. The highest BCUT2D eigenvalue weighted by atomic mass is 33.1. The second-order valence-corrected chi connectivity index (χ2v) is 4.76. The highest BCUT2D eigenvalue weighted by Gasteiger charge is 2.03. The van der Waals surface area contributed by atoms with Gasteiger partial charge < -0.3 is 4.74 Å². The maximum Gasteiger partial charge on any atom is 0.220 e. The molecule has 0 saturated heterocycles. The molecule has 0 aliphatic carbocycles. The molecule has 0 fully saturated rings. The van der Waals surface area contributed by atoms with Crippen molar-refractivity contribution in [3.05, 3.63) is 0 Å². The van der Waals surface area contributed by atoms with E-state index in [1.165, 1.54) is 0 Å². The van der Waals surface area contributed by atoms with Crippen molar-refractivity contribution in [3.8, 4) is 0 Å². The van der Waals surface area contributed by atoms with Gasteiger partial charge in [-0.25, -0.2) is 0 Å². The van der Waals surface area contributed by atoms with E-state index < -0.39 is 0 Å². The number of ether oxygens (including phenoxy) is 1. The second-order valence-electron chi connectivity index (χ2n) is 2.58. The summed E-state index contributed by atoms with van der Waals surface area (Å²) in [6, 6.07) is 0. The van der Waals surface area contributed by atoms with Gasteiger partial charge in [0.05, 0.1) is 6.10 Å². The highest BCUT2D eigenvalue weighted by Crippen LogP contribution is 2.13. The van der Waals surface area contributed by atoms with Crippen LogP contribution in [0.25, 0.3) is 0 Å². The zero-order valence-corrected chi connectivity index (χ0v) is 11.2. The largest absolute Gasteiger partial charge is 0.476 e. The molecule has 12 heavy (non-hydrogen) atoms. The van der Waals surface area contributed by atoms with Gasteiger partial charge in [0, 0.05) is 5.25 Å². The van der Waals surface area contributed by atoms with Crippen molar-refractivity contribution >= 4 is 51.7 Å². The third-order valence-corrected chi connectivity index (χ3v) is 1.81. The van der Waals surface area contributed by atoms with Gasteiger partial charge in [-0.1, -0.05) is 25.6 Å². The number of thioether (sulfide) groups is 1. The quantitative estimate of drug-likeness (QED) is 0.437. The van der Waals surface area contributed by atoms with Crippen LogP contribution in [0.15, 0.2) is 0 Å². The van der Waals surface area contributed by atoms with E-state index in [9.17, 15) is 0 Å². The molecule has 0 saturated carbocycles. The molecule has 0 aromatic heterocycles. The van der Waals surface area contributed by atoms with Crippen LogP contribution >= 0.6 is 47.3 Å². The summed E-state index contributed by atoms with van der Waals surface area (Å²) in [7, 11) is 0. The number of thiol groups is 2. The van der Waals surface area contributed by atoms with Crippen LogP contribution in [0, 0.1) is 0 Å². The molecule has 0 aromatic carbocycles. The van der Waals surface area contributed by atoms with E-state index in [0.29, 0.717) is 9.63 Å². The SMILES string of the molecule is CC(C)OC(=S)SC(C)C.SS. The lowest BCUT2D eigenvalue weighted by atomic mass is 10.5. The summed E-state index contributed by atoms with van der Waals surface area (Å²) in [6.07, 6.45) is 0.207. The van der Waals surface area contributed by atoms with E-state index in [4.69, 9.17) is 17.0 Å². The van der Waals surface area contributed by atoms with Crippen LogP contribution in [0.3, 0.4) is 0 Å². The molecule has 0 heterocycles. The fraction of sp³-hybridized carbons (Fsp3) is 0.857. The molecule has 0 aromatic rings. The fourth-order valence-corrected chi connectivity index (χ4v) is 1.82. The first-order valence-electron chi connectivity index (χ1n) is 3.59. The first kappa shape index (κ1) is 15.4. The minimum Gasteiger partial charge on any atom is -0.476 e. The van der Waals surface area contributed by atoms with Gasteiger partial charge in [0.2, 0.25) is 4.38 Å². The highest BCUT2D eigenvalue weighted by molar-refractivity contribution is 8.59. The van der Waals surface area contributed by atoms with Crippen LogP contribution in [0.2, 0.25) is 0 Å². The first-order chi connectivity index (χ1) is 5.52. The van der Waals surface area contributed by atoms with Crippen molar-refractivity contribution in [1.82, 2.24) is 0 Å². The van der Waals surface area contributed by atoms with Gasteiger partial charge >= 0.3 is 0 Å². The van der Waals surface area contributed by atoms with E-state index in [-0.39, 0.29) is 6.10 Å². The lowest BCUT2D eigenvalue weighted by Crippen LogP contribution is -2.07. The Bertz CT molecular complexity index is 102. The minimum absolute atomic E-state index is 0.207. The summed E-state index contributed by atoms with van der Waals surface area (Å²) in [4.78, 5) is 0. The Morgan fingerprint density at radius 1 is 1.25 bits per heavy atom. The maximum absolute atomic E-state index is 5.26. The molecule has 1 nitrogen and oxygen atoms in total. The smallest absolute Gasteiger partial charge is 0.220 e. The molecule has 0 aliphatic rings. The third-order valence-electron chi connectivity index (χ3n) is 0.664. The monoisotopic (exact) mass is 244 g/mol. The Kier molecular flexibility index (Phi) is 12.9. The number of hydrogen-bond donors (Lipinski definition) is 2. The van der Waals surface area contributed by atoms with Gasteiger partial charge in [0.1, 0.15) is 0 Å². The van der Waals surface area contributed by atoms with E-state index in [1.807, 2.05) is 13.8 Å². The van der Waals surface area contributed by atoms with Gasteiger partial charge in [0.25, 0.3) is 0 Å². The average Bonchev–Trinajstić information content (AvgIpc) is 1.87. The zero-order chi connectivity index (χ0) is 10.1. The summed E-state index contributed by atoms with van der Waals surface area (Å²) < 4.78 is 5.91. The van der Waals surface area contributed by atoms with Crippen LogP contribution in [0.1, 0.15) is 27.7 Å². The van der Waals surface area contributed by atoms with E-state index in [0.717, 1.165) is 0 Å². The molecule has 0 atom stereocenters. The van der Waals surface area contributed by atoms with E-state index in [1.54, 1.807) is 11.8 Å². The molecule has 0 N–H and O–H groups in total. The summed E-state index contributed by atoms with van der Waals surface area (Å²) in [5, 5.41) is 0.520. The third kappa shape index (κ3) is 13.5. The normalized spacial score (nSPS) is 9.33. The maximum atomic E-state index is 5.26. The number of rotatable bonds is 2. The average molecular weight is 244 g/mol. The van der Waals surface area contributed by atoms with Gasteiger partial charge in [-0.2, -0.15) is 0 Å². The Labute approximate surface area is 95.2 Å². The van der Waals surface area contributed by atoms with Gasteiger partial charge in [0.15, 0.2) is 0 Å². The molecular formula is C7H16OS4. The lowest BCUT2D eigenvalue weighted by molar-refractivity contribution is 0.243. The van der Waals surface area contributed by atoms with Crippen LogP contribution in [-0.4, -0.2) is 15.7 Å². The van der Waals surface area contributed by atoms with Crippen molar-refractivity contribution in [2.45, 2.75) is 39.0 Å². The summed E-state index contributed by atoms with van der Waals surface area (Å²) in [5.41, 5.74) is 0. The molecule has 0 spiro atoms. The molecule has 0 radical (unpaired) electrons. The molecule has 0 rings (SSSR count). The second kappa shape index (κ2) is 10.0. The summed E-state index contributed by atoms with van der Waals surface area (Å²) in [5.74, 6) is 0. The van der Waals surface area contributed by atoms with Crippen LogP contribution in [-0.2, 0) is 4.74 Å². The standard InChI is InChI=1S/C7H14OS2.H2S2/c1-5(2)8-7(9)10-6(3)4;1-2/h5-6H,1-4H3;1-2H. The van der Waals surface area contributed by atoms with E-state index in [2.05, 4.69) is 37.2 Å². The van der Waals surface area contributed by atoms with Crippen LogP contribution in [0.4, 0.5) is 0 Å². The van der Waals surface area contributed by atoms with Crippen molar-refractivity contribution in [3.63, 3.8) is 0 Å². The van der Waals surface area contributed by atoms with Crippen LogP contribution in [0.5, 0.6) is 0 Å². The van der Waals surface area contributed by atoms with E-state index >= 15 is 0 Å². The van der Waals surface area contributed by atoms with Crippen molar-refractivity contribution < 1.29 is 4.74 Å². The fourth-order valence-electron chi connectivity index (χ4n) is 0.413. The van der Waals surface area contributed by atoms with Crippen LogP contribution < -0.4 is 0 Å². The number of hydrogen-bond acceptors (Lipinski definition) is 5. The molecule has 0 unspecified atom stereocenters. The Morgan fingerprint density at radius 3 is 1.92 bits per heavy atom. The minimum atomic E-state index is 0.207. The number of thiocarbonyl (C=S) groups is 1. The predicted molar refractivity (Wildman–Crippen MR) is 69.5 cm³/mol. The summed E-state index contributed by atoms with van der Waals surface area (Å²) >= 11 is 13.0. The lowest BCUT2D eigenvalue weighted by Gasteiger charge is -2.10. The van der Waals surface area contributed by atoms with Crippen molar-refractivity contribution in [2.24, 2.45) is 0 Å². The Hall–Kier alpha value is 0.940. The van der Waals surface area contributed by atoms with Gasteiger partial charge in [-0.05, 0) is 26.1 Å². The molecule has 0 aliphatic heterocycles. The molecular weight excluding hydrogens is 228 g/mol. The molecule has 0 bridgehead atoms.